The maximum absolute atomic E-state index is 5.57. The number of benzene rings is 2. The van der Waals surface area contributed by atoms with Crippen LogP contribution < -0.4 is 0 Å². The van der Waals surface area contributed by atoms with Crippen molar-refractivity contribution in [2.24, 2.45) is 0 Å². The highest BCUT2D eigenvalue weighted by molar-refractivity contribution is 6.04. The van der Waals surface area contributed by atoms with Crippen molar-refractivity contribution in [2.45, 2.75) is 0 Å². The molecule has 1 nitrogen and oxygen atoms in total. The summed E-state index contributed by atoms with van der Waals surface area (Å²) in [7, 11) is 0. The standard InChI is InChI=1S/C12H6O/c1-3-7-11-9(5-1)10-6-2-4-8-12(10)13-11/h1-3,5-6,8H. The first-order valence-electron chi connectivity index (χ1n) is 4.14. The zero-order valence-corrected chi connectivity index (χ0v) is 6.87. The van der Waals surface area contributed by atoms with Crippen molar-refractivity contribution in [2.75, 3.05) is 0 Å². The molecule has 0 aliphatic carbocycles. The molecular formula is C12H6O. The maximum Gasteiger partial charge on any atom is 0.143 e. The Bertz CT molecular complexity index is 513. The van der Waals surface area contributed by atoms with E-state index in [-0.39, 0.29) is 0 Å². The van der Waals surface area contributed by atoms with E-state index in [0.717, 1.165) is 21.9 Å². The van der Waals surface area contributed by atoms with Crippen LogP contribution in [0.4, 0.5) is 0 Å². The van der Waals surface area contributed by atoms with Crippen LogP contribution in [0.5, 0.6) is 0 Å². The highest BCUT2D eigenvalue weighted by Crippen LogP contribution is 2.27. The van der Waals surface area contributed by atoms with Crippen molar-refractivity contribution >= 4 is 21.9 Å². The smallest absolute Gasteiger partial charge is 0.143 e. The highest BCUT2D eigenvalue weighted by atomic mass is 16.3. The normalized spacial score (nSPS) is 11.1. The molecule has 0 saturated heterocycles. The summed E-state index contributed by atoms with van der Waals surface area (Å²) in [5.74, 6) is 0. The van der Waals surface area contributed by atoms with Crippen LogP contribution in [-0.4, -0.2) is 0 Å². The van der Waals surface area contributed by atoms with Gasteiger partial charge < -0.3 is 4.42 Å². The third kappa shape index (κ3) is 0.872. The van der Waals surface area contributed by atoms with Gasteiger partial charge in [-0.1, -0.05) is 24.3 Å². The van der Waals surface area contributed by atoms with Gasteiger partial charge >= 0.3 is 0 Å². The Hall–Kier alpha value is -1.76. The monoisotopic (exact) mass is 166 g/mol. The molecule has 0 unspecified atom stereocenters. The summed E-state index contributed by atoms with van der Waals surface area (Å²) in [5.41, 5.74) is 1.69. The van der Waals surface area contributed by atoms with Gasteiger partial charge in [-0.2, -0.15) is 0 Å². The van der Waals surface area contributed by atoms with Crippen molar-refractivity contribution < 1.29 is 4.42 Å². The first-order valence-corrected chi connectivity index (χ1v) is 4.14. The number of para-hydroxylation sites is 1. The molecule has 0 saturated carbocycles. The Morgan fingerprint density at radius 1 is 1.08 bits per heavy atom. The molecule has 0 bridgehead atoms. The fraction of sp³-hybridized carbons (Fsp3) is 0. The van der Waals surface area contributed by atoms with E-state index < -0.39 is 0 Å². The predicted molar refractivity (Wildman–Crippen MR) is 51.4 cm³/mol. The summed E-state index contributed by atoms with van der Waals surface area (Å²) in [4.78, 5) is 0. The summed E-state index contributed by atoms with van der Waals surface area (Å²) in [6.07, 6.45) is 0. The van der Waals surface area contributed by atoms with Gasteiger partial charge in [0.25, 0.3) is 0 Å². The van der Waals surface area contributed by atoms with Crippen LogP contribution >= 0.6 is 0 Å². The molecule has 0 atom stereocenters. The summed E-state index contributed by atoms with van der Waals surface area (Å²) >= 11 is 0. The fourth-order valence-corrected chi connectivity index (χ4v) is 1.55. The summed E-state index contributed by atoms with van der Waals surface area (Å²) in [5, 5.41) is 2.25. The molecule has 2 radical (unpaired) electrons. The Balaban J connectivity index is 2.64. The first kappa shape index (κ1) is 6.72. The maximum atomic E-state index is 5.57. The molecule has 0 spiro atoms. The second kappa shape index (κ2) is 2.36. The van der Waals surface area contributed by atoms with E-state index in [0.29, 0.717) is 0 Å². The van der Waals surface area contributed by atoms with E-state index in [1.807, 2.05) is 36.4 Å². The zero-order chi connectivity index (χ0) is 8.67. The molecule has 1 heterocycles. The topological polar surface area (TPSA) is 13.1 Å². The lowest BCUT2D eigenvalue weighted by molar-refractivity contribution is 0.668. The molecule has 0 amide bonds. The molecule has 1 heteroatoms. The van der Waals surface area contributed by atoms with Crippen molar-refractivity contribution in [1.82, 2.24) is 0 Å². The Kier molecular flexibility index (Phi) is 1.22. The van der Waals surface area contributed by atoms with Gasteiger partial charge in [-0.25, -0.2) is 0 Å². The molecule has 2 aromatic carbocycles. The van der Waals surface area contributed by atoms with E-state index in [4.69, 9.17) is 4.42 Å². The molecule has 3 rings (SSSR count). The SMILES string of the molecule is [c]1ccc2c(c1)oc1[c]cccc12. The minimum atomic E-state index is 0.817. The van der Waals surface area contributed by atoms with Crippen molar-refractivity contribution in [3.05, 3.63) is 48.5 Å². The molecule has 0 aliphatic heterocycles. The molecule has 13 heavy (non-hydrogen) atoms. The third-order valence-electron chi connectivity index (χ3n) is 2.15. The summed E-state index contributed by atoms with van der Waals surface area (Å²) < 4.78 is 5.57. The largest absolute Gasteiger partial charge is 0.455 e. The van der Waals surface area contributed by atoms with Crippen molar-refractivity contribution in [3.63, 3.8) is 0 Å². The number of rotatable bonds is 0. The van der Waals surface area contributed by atoms with Crippen molar-refractivity contribution in [1.29, 1.82) is 0 Å². The van der Waals surface area contributed by atoms with E-state index in [1.165, 1.54) is 0 Å². The first-order chi connectivity index (χ1) is 6.45. The molecule has 60 valence electrons. The van der Waals surface area contributed by atoms with Crippen LogP contribution in [0.1, 0.15) is 0 Å². The number of hydrogen-bond acceptors (Lipinski definition) is 1. The Labute approximate surface area is 75.6 Å². The van der Waals surface area contributed by atoms with Crippen molar-refractivity contribution in [3.8, 4) is 0 Å². The van der Waals surface area contributed by atoms with Crippen LogP contribution in [0.2, 0.25) is 0 Å². The fourth-order valence-electron chi connectivity index (χ4n) is 1.55. The summed E-state index contributed by atoms with van der Waals surface area (Å²) in [6.45, 7) is 0. The van der Waals surface area contributed by atoms with Gasteiger partial charge in [-0.05, 0) is 18.2 Å². The van der Waals surface area contributed by atoms with E-state index in [9.17, 15) is 0 Å². The Morgan fingerprint density at radius 3 is 3.08 bits per heavy atom. The van der Waals surface area contributed by atoms with Gasteiger partial charge in [0.15, 0.2) is 0 Å². The molecule has 3 aromatic rings. The van der Waals surface area contributed by atoms with Crippen LogP contribution in [0, 0.1) is 12.1 Å². The molecule has 0 aliphatic rings. The zero-order valence-electron chi connectivity index (χ0n) is 6.87. The molecular weight excluding hydrogens is 160 g/mol. The van der Waals surface area contributed by atoms with Gasteiger partial charge in [0.2, 0.25) is 0 Å². The number of furan rings is 1. The molecule has 1 aromatic heterocycles. The quantitative estimate of drug-likeness (QED) is 0.500. The molecule has 0 N–H and O–H groups in total. The van der Waals surface area contributed by atoms with Crippen LogP contribution in [0.25, 0.3) is 21.9 Å². The predicted octanol–water partition coefficient (Wildman–Crippen LogP) is 3.19. The number of hydrogen-bond donors (Lipinski definition) is 0. The summed E-state index contributed by atoms with van der Waals surface area (Å²) in [6, 6.07) is 17.7. The molecule has 0 fully saturated rings. The average molecular weight is 166 g/mol. The minimum Gasteiger partial charge on any atom is -0.455 e. The van der Waals surface area contributed by atoms with Gasteiger partial charge in [-0.15, -0.1) is 0 Å². The lowest BCUT2D eigenvalue weighted by Crippen LogP contribution is -1.63. The van der Waals surface area contributed by atoms with Gasteiger partial charge in [0.05, 0.1) is 0 Å². The van der Waals surface area contributed by atoms with E-state index in [1.54, 1.807) is 0 Å². The lowest BCUT2D eigenvalue weighted by Gasteiger charge is -1.84. The third-order valence-corrected chi connectivity index (χ3v) is 2.15. The minimum absolute atomic E-state index is 0.817. The second-order valence-corrected chi connectivity index (χ2v) is 2.94. The van der Waals surface area contributed by atoms with Gasteiger partial charge in [0, 0.05) is 16.8 Å². The second-order valence-electron chi connectivity index (χ2n) is 2.94. The van der Waals surface area contributed by atoms with E-state index in [2.05, 4.69) is 12.1 Å². The number of fused-ring (bicyclic) bond motifs is 3. The lowest BCUT2D eigenvalue weighted by atomic mass is 10.2. The average Bonchev–Trinajstić information content (AvgIpc) is 2.56. The Morgan fingerprint density at radius 2 is 2.08 bits per heavy atom. The van der Waals surface area contributed by atoms with Gasteiger partial charge in [-0.3, -0.25) is 0 Å². The van der Waals surface area contributed by atoms with Crippen LogP contribution in [0.15, 0.2) is 40.8 Å². The van der Waals surface area contributed by atoms with Crippen LogP contribution in [0.3, 0.4) is 0 Å². The van der Waals surface area contributed by atoms with E-state index >= 15 is 0 Å². The van der Waals surface area contributed by atoms with Gasteiger partial charge in [0.1, 0.15) is 11.2 Å². The highest BCUT2D eigenvalue weighted by Gasteiger charge is 2.03. The van der Waals surface area contributed by atoms with Crippen LogP contribution in [-0.2, 0) is 0 Å².